The van der Waals surface area contributed by atoms with Crippen molar-refractivity contribution in [3.63, 3.8) is 0 Å². The summed E-state index contributed by atoms with van der Waals surface area (Å²) < 4.78 is 39.1. The van der Waals surface area contributed by atoms with Crippen LogP contribution >= 0.6 is 0 Å². The highest BCUT2D eigenvalue weighted by Gasteiger charge is 2.42. The third kappa shape index (κ3) is 1.87. The molecule has 0 saturated heterocycles. The van der Waals surface area contributed by atoms with Gasteiger partial charge in [-0.1, -0.05) is 24.3 Å². The molecule has 0 bridgehead atoms. The number of carbonyl (C=O) groups is 1. The Balaban J connectivity index is 2.15. The Morgan fingerprint density at radius 2 is 2.10 bits per heavy atom. The predicted molar refractivity (Wildman–Crippen MR) is 63.8 cm³/mol. The van der Waals surface area contributed by atoms with E-state index in [1.807, 2.05) is 6.08 Å². The van der Waals surface area contributed by atoms with E-state index in [0.717, 1.165) is 6.07 Å². The lowest BCUT2D eigenvalue weighted by molar-refractivity contribution is -0.308. The zero-order chi connectivity index (χ0) is 14.5. The molecular weight excluding hydrogens is 271 g/mol. The SMILES string of the molecule is O=C([O-])[C@@H]1Nc2c(cccc2C(F)(F)F)[C@@H]2C=CC[C@@H]12. The molecule has 1 aromatic rings. The Kier molecular flexibility index (Phi) is 2.77. The number of anilines is 1. The zero-order valence-corrected chi connectivity index (χ0v) is 10.3. The van der Waals surface area contributed by atoms with Crippen molar-refractivity contribution < 1.29 is 23.1 Å². The van der Waals surface area contributed by atoms with E-state index in [4.69, 9.17) is 0 Å². The molecule has 1 aromatic carbocycles. The minimum absolute atomic E-state index is 0.137. The van der Waals surface area contributed by atoms with Crippen LogP contribution in [0, 0.1) is 5.92 Å². The van der Waals surface area contributed by atoms with Gasteiger partial charge in [-0.2, -0.15) is 13.2 Å². The van der Waals surface area contributed by atoms with E-state index < -0.39 is 23.8 Å². The van der Waals surface area contributed by atoms with Crippen molar-refractivity contribution in [1.82, 2.24) is 0 Å². The van der Waals surface area contributed by atoms with Gasteiger partial charge < -0.3 is 15.2 Å². The molecule has 2 aliphatic rings. The number of hydrogen-bond donors (Lipinski definition) is 1. The molecule has 1 heterocycles. The number of alkyl halides is 3. The Labute approximate surface area is 113 Å². The van der Waals surface area contributed by atoms with Crippen molar-refractivity contribution in [3.05, 3.63) is 41.5 Å². The van der Waals surface area contributed by atoms with Crippen molar-refractivity contribution in [1.29, 1.82) is 0 Å². The smallest absolute Gasteiger partial charge is 0.418 e. The monoisotopic (exact) mass is 282 g/mol. The summed E-state index contributed by atoms with van der Waals surface area (Å²) >= 11 is 0. The first kappa shape index (κ1) is 13.0. The van der Waals surface area contributed by atoms with Gasteiger partial charge >= 0.3 is 6.18 Å². The quantitative estimate of drug-likeness (QED) is 0.800. The second kappa shape index (κ2) is 4.26. The molecule has 3 rings (SSSR count). The van der Waals surface area contributed by atoms with E-state index in [0.29, 0.717) is 12.0 Å². The number of carboxylic acids is 1. The summed E-state index contributed by atoms with van der Waals surface area (Å²) in [6.07, 6.45) is -0.418. The fourth-order valence-corrected chi connectivity index (χ4v) is 3.09. The van der Waals surface area contributed by atoms with Crippen molar-refractivity contribution in [2.75, 3.05) is 5.32 Å². The second-order valence-corrected chi connectivity index (χ2v) is 5.06. The maximum absolute atomic E-state index is 13.0. The molecule has 20 heavy (non-hydrogen) atoms. The van der Waals surface area contributed by atoms with Gasteiger partial charge in [0.25, 0.3) is 0 Å². The molecule has 0 radical (unpaired) electrons. The van der Waals surface area contributed by atoms with Gasteiger partial charge in [0.05, 0.1) is 23.3 Å². The van der Waals surface area contributed by atoms with Crippen LogP contribution in [0.15, 0.2) is 30.4 Å². The van der Waals surface area contributed by atoms with Gasteiger partial charge in [0, 0.05) is 5.92 Å². The van der Waals surface area contributed by atoms with Gasteiger partial charge in [-0.05, 0) is 24.0 Å². The number of fused-ring (bicyclic) bond motifs is 3. The number of allylic oxidation sites excluding steroid dienone is 2. The summed E-state index contributed by atoms with van der Waals surface area (Å²) in [5.74, 6) is -1.97. The second-order valence-electron chi connectivity index (χ2n) is 5.06. The van der Waals surface area contributed by atoms with E-state index in [1.165, 1.54) is 6.07 Å². The van der Waals surface area contributed by atoms with Gasteiger partial charge in [0.2, 0.25) is 0 Å². The summed E-state index contributed by atoms with van der Waals surface area (Å²) in [7, 11) is 0. The molecule has 3 nitrogen and oxygen atoms in total. The Morgan fingerprint density at radius 3 is 2.75 bits per heavy atom. The predicted octanol–water partition coefficient (Wildman–Crippen LogP) is 1.91. The number of halogens is 3. The van der Waals surface area contributed by atoms with Crippen LogP contribution in [-0.4, -0.2) is 12.0 Å². The number of hydrogen-bond acceptors (Lipinski definition) is 3. The largest absolute Gasteiger partial charge is 0.548 e. The van der Waals surface area contributed by atoms with E-state index in [1.54, 1.807) is 12.1 Å². The van der Waals surface area contributed by atoms with Crippen LogP contribution in [0.3, 0.4) is 0 Å². The van der Waals surface area contributed by atoms with E-state index in [-0.39, 0.29) is 17.5 Å². The number of carbonyl (C=O) groups excluding carboxylic acids is 1. The molecule has 0 saturated carbocycles. The first-order valence-corrected chi connectivity index (χ1v) is 6.24. The minimum Gasteiger partial charge on any atom is -0.548 e. The van der Waals surface area contributed by atoms with Crippen molar-refractivity contribution in [2.45, 2.75) is 24.6 Å². The molecule has 0 aromatic heterocycles. The first-order chi connectivity index (χ1) is 9.39. The van der Waals surface area contributed by atoms with Crippen molar-refractivity contribution in [2.24, 2.45) is 5.92 Å². The lowest BCUT2D eigenvalue weighted by Gasteiger charge is -2.38. The van der Waals surface area contributed by atoms with Crippen LogP contribution in [0.5, 0.6) is 0 Å². The lowest BCUT2D eigenvalue weighted by atomic mass is 9.78. The molecular formula is C14H11F3NO2-. The summed E-state index contributed by atoms with van der Waals surface area (Å²) in [5.41, 5.74) is -0.474. The van der Waals surface area contributed by atoms with Crippen LogP contribution in [0.2, 0.25) is 0 Å². The number of para-hydroxylation sites is 1. The fourth-order valence-electron chi connectivity index (χ4n) is 3.09. The fraction of sp³-hybridized carbons (Fsp3) is 0.357. The van der Waals surface area contributed by atoms with E-state index in [2.05, 4.69) is 5.32 Å². The van der Waals surface area contributed by atoms with E-state index in [9.17, 15) is 23.1 Å². The number of carboxylic acid groups (broad SMARTS) is 1. The zero-order valence-electron chi connectivity index (χ0n) is 10.3. The summed E-state index contributed by atoms with van der Waals surface area (Å²) in [4.78, 5) is 11.2. The normalized spacial score (nSPS) is 27.6. The highest BCUT2D eigenvalue weighted by atomic mass is 19.4. The average molecular weight is 282 g/mol. The topological polar surface area (TPSA) is 52.2 Å². The van der Waals surface area contributed by atoms with Crippen LogP contribution in [-0.2, 0) is 11.0 Å². The average Bonchev–Trinajstić information content (AvgIpc) is 2.84. The van der Waals surface area contributed by atoms with E-state index >= 15 is 0 Å². The molecule has 1 aliphatic carbocycles. The van der Waals surface area contributed by atoms with Gasteiger partial charge in [-0.25, -0.2) is 0 Å². The number of benzene rings is 1. The Morgan fingerprint density at radius 1 is 1.35 bits per heavy atom. The molecule has 6 heteroatoms. The highest BCUT2D eigenvalue weighted by molar-refractivity contribution is 5.80. The standard InChI is InChI=1S/C14H12F3NO2/c15-14(16,17)10-6-2-5-8-7-3-1-4-9(7)12(13(19)20)18-11(8)10/h1-3,5-7,9,12,18H,4H2,(H,19,20)/p-1/t7-,9+,12+/m0/s1. The Bertz CT molecular complexity index is 595. The third-order valence-electron chi connectivity index (χ3n) is 3.96. The van der Waals surface area contributed by atoms with Crippen molar-refractivity contribution in [3.8, 4) is 0 Å². The summed E-state index contributed by atoms with van der Waals surface area (Å²) in [5, 5.41) is 13.7. The lowest BCUT2D eigenvalue weighted by Crippen LogP contribution is -2.49. The van der Waals surface area contributed by atoms with Crippen molar-refractivity contribution >= 4 is 11.7 Å². The van der Waals surface area contributed by atoms with Crippen LogP contribution < -0.4 is 10.4 Å². The van der Waals surface area contributed by atoms with Gasteiger partial charge in [0.15, 0.2) is 0 Å². The van der Waals surface area contributed by atoms with Crippen LogP contribution in [0.4, 0.5) is 18.9 Å². The third-order valence-corrected chi connectivity index (χ3v) is 3.96. The van der Waals surface area contributed by atoms with Gasteiger partial charge in [0.1, 0.15) is 0 Å². The molecule has 0 amide bonds. The summed E-state index contributed by atoms with van der Waals surface area (Å²) in [6.45, 7) is 0. The Hall–Kier alpha value is -1.98. The molecule has 0 fully saturated rings. The summed E-state index contributed by atoms with van der Waals surface area (Å²) in [6, 6.07) is 2.81. The van der Waals surface area contributed by atoms with Gasteiger partial charge in [-0.15, -0.1) is 0 Å². The maximum Gasteiger partial charge on any atom is 0.418 e. The minimum atomic E-state index is -4.52. The number of aliphatic carboxylic acids is 1. The molecule has 106 valence electrons. The molecule has 0 unspecified atom stereocenters. The maximum atomic E-state index is 13.0. The number of rotatable bonds is 1. The highest BCUT2D eigenvalue weighted by Crippen LogP contribution is 2.48. The molecule has 1 aliphatic heterocycles. The molecule has 3 atom stereocenters. The molecule has 1 N–H and O–H groups in total. The first-order valence-electron chi connectivity index (χ1n) is 6.24. The van der Waals surface area contributed by atoms with Crippen LogP contribution in [0.25, 0.3) is 0 Å². The van der Waals surface area contributed by atoms with Crippen LogP contribution in [0.1, 0.15) is 23.5 Å². The van der Waals surface area contributed by atoms with Gasteiger partial charge in [-0.3, -0.25) is 0 Å². The number of nitrogens with one attached hydrogen (secondary N) is 1. The molecule has 0 spiro atoms.